The topological polar surface area (TPSA) is 62.7 Å². The molecule has 2 N–H and O–H groups in total. The normalized spacial score (nSPS) is 11.8. The second kappa shape index (κ2) is 9.24. The highest BCUT2D eigenvalue weighted by Gasteiger charge is 2.27. The van der Waals surface area contributed by atoms with Gasteiger partial charge in [-0.1, -0.05) is 0 Å². The number of fused-ring (bicyclic) bond motifs is 1. The van der Waals surface area contributed by atoms with Crippen molar-refractivity contribution in [2.45, 2.75) is 32.1 Å². The van der Waals surface area contributed by atoms with Crippen LogP contribution in [0.25, 0.3) is 22.2 Å². The number of halogens is 6. The summed E-state index contributed by atoms with van der Waals surface area (Å²) < 4.78 is 79.8. The van der Waals surface area contributed by atoms with E-state index >= 15 is 0 Å². The molecule has 0 aliphatic heterocycles. The van der Waals surface area contributed by atoms with Crippen molar-refractivity contribution in [3.8, 4) is 11.3 Å². The molecule has 0 aliphatic carbocycles. The number of benzene rings is 2. The van der Waals surface area contributed by atoms with Gasteiger partial charge in [0.25, 0.3) is 0 Å². The number of aromatic amines is 1. The molecule has 2 heterocycles. The summed E-state index contributed by atoms with van der Waals surface area (Å²) in [6, 6.07) is 7.31. The van der Waals surface area contributed by atoms with Crippen molar-refractivity contribution >= 4 is 16.8 Å². The molecule has 0 radical (unpaired) electrons. The maximum Gasteiger partial charge on any atom is 0.406 e. The van der Waals surface area contributed by atoms with Crippen LogP contribution >= 0.6 is 0 Å². The fourth-order valence-electron chi connectivity index (χ4n) is 3.70. The van der Waals surface area contributed by atoms with E-state index < -0.39 is 36.1 Å². The van der Waals surface area contributed by atoms with Gasteiger partial charge in [0.05, 0.1) is 24.1 Å². The van der Waals surface area contributed by atoms with Crippen LogP contribution in [-0.2, 0) is 24.3 Å². The number of nitrogens with zero attached hydrogens (tertiary/aromatic N) is 2. The Morgan fingerprint density at radius 3 is 2.50 bits per heavy atom. The smallest absolute Gasteiger partial charge is 0.352 e. The minimum Gasteiger partial charge on any atom is -0.352 e. The van der Waals surface area contributed by atoms with E-state index in [4.69, 9.17) is 0 Å². The predicted octanol–water partition coefficient (Wildman–Crippen LogP) is 5.26. The van der Waals surface area contributed by atoms with Crippen LogP contribution in [0, 0.1) is 17.5 Å². The van der Waals surface area contributed by atoms with Gasteiger partial charge in [-0.3, -0.25) is 4.79 Å². The van der Waals surface area contributed by atoms with Crippen LogP contribution in [0.2, 0.25) is 0 Å². The first-order valence-electron chi connectivity index (χ1n) is 10.2. The highest BCUT2D eigenvalue weighted by atomic mass is 19.4. The first kappa shape index (κ1) is 23.4. The zero-order chi connectivity index (χ0) is 24.5. The Bertz CT molecular complexity index is 1320. The summed E-state index contributed by atoms with van der Waals surface area (Å²) in [4.78, 5) is 19.1. The Kier molecular flexibility index (Phi) is 6.36. The monoisotopic (exact) mass is 480 g/mol. The lowest BCUT2D eigenvalue weighted by molar-refractivity contribution is -0.140. The lowest BCUT2D eigenvalue weighted by atomic mass is 10.0. The molecule has 4 rings (SSSR count). The van der Waals surface area contributed by atoms with E-state index in [2.05, 4.69) is 15.3 Å². The predicted molar refractivity (Wildman–Crippen MR) is 112 cm³/mol. The summed E-state index contributed by atoms with van der Waals surface area (Å²) in [7, 11) is 0. The largest absolute Gasteiger partial charge is 0.406 e. The number of alkyl halides is 3. The molecule has 0 bridgehead atoms. The van der Waals surface area contributed by atoms with E-state index in [9.17, 15) is 31.1 Å². The van der Waals surface area contributed by atoms with Gasteiger partial charge in [0, 0.05) is 29.8 Å². The summed E-state index contributed by atoms with van der Waals surface area (Å²) in [5.41, 5.74) is 1.75. The molecular weight excluding hydrogens is 462 g/mol. The van der Waals surface area contributed by atoms with Crippen molar-refractivity contribution in [3.63, 3.8) is 0 Å². The third-order valence-electron chi connectivity index (χ3n) is 5.18. The van der Waals surface area contributed by atoms with E-state index in [0.717, 1.165) is 23.0 Å². The first-order chi connectivity index (χ1) is 16.1. The quantitative estimate of drug-likeness (QED) is 0.355. The number of hydrogen-bond acceptors (Lipinski definition) is 2. The molecule has 0 atom stereocenters. The minimum absolute atomic E-state index is 0.0614. The Morgan fingerprint density at radius 2 is 1.79 bits per heavy atom. The van der Waals surface area contributed by atoms with Gasteiger partial charge in [0.2, 0.25) is 5.91 Å². The summed E-state index contributed by atoms with van der Waals surface area (Å²) in [6.45, 7) is -1.26. The molecule has 34 heavy (non-hydrogen) atoms. The van der Waals surface area contributed by atoms with Gasteiger partial charge < -0.3 is 14.9 Å². The maximum absolute atomic E-state index is 14.3. The third-order valence-corrected chi connectivity index (χ3v) is 5.18. The number of amides is 1. The number of aryl methyl sites for hydroxylation is 1. The van der Waals surface area contributed by atoms with Crippen molar-refractivity contribution in [2.24, 2.45) is 0 Å². The highest BCUT2D eigenvalue weighted by molar-refractivity contribution is 5.92. The minimum atomic E-state index is -4.39. The Morgan fingerprint density at radius 1 is 1.06 bits per heavy atom. The lowest BCUT2D eigenvalue weighted by Gasteiger charge is -2.07. The van der Waals surface area contributed by atoms with Gasteiger partial charge in [0.15, 0.2) is 0 Å². The average Bonchev–Trinajstić information content (AvgIpc) is 3.34. The summed E-state index contributed by atoms with van der Waals surface area (Å²) >= 11 is 0. The maximum atomic E-state index is 14.3. The molecule has 0 unspecified atom stereocenters. The number of carbonyl (C=O) groups excluding carboxylic acids is 1. The molecule has 4 aromatic rings. The Balaban J connectivity index is 1.49. The van der Waals surface area contributed by atoms with Gasteiger partial charge in [-0.25, -0.2) is 18.2 Å². The van der Waals surface area contributed by atoms with Crippen LogP contribution in [0.15, 0.2) is 48.9 Å². The van der Waals surface area contributed by atoms with Gasteiger partial charge in [-0.2, -0.15) is 13.2 Å². The molecule has 1 amide bonds. The average molecular weight is 480 g/mol. The number of rotatable bonds is 7. The number of nitrogens with one attached hydrogen (secondary N) is 2. The van der Waals surface area contributed by atoms with E-state index in [1.807, 2.05) is 0 Å². The van der Waals surface area contributed by atoms with Gasteiger partial charge in [-0.15, -0.1) is 0 Å². The van der Waals surface area contributed by atoms with Gasteiger partial charge >= 0.3 is 6.18 Å². The van der Waals surface area contributed by atoms with Gasteiger partial charge in [-0.05, 0) is 47.9 Å². The Hall–Kier alpha value is -3.76. The Labute approximate surface area is 189 Å². The summed E-state index contributed by atoms with van der Waals surface area (Å²) in [6.07, 6.45) is -2.14. The standard InChI is InChI=1S/C23H18F6N4O/c24-14-3-1-13(2-4-14)21-17(18-7-15(25)8-19(26)22(18)32-21)5-6-20(34)30-9-16-10-33(12-31-16)11-23(27,28)29/h1-4,7-8,10,12,32H,5-6,9,11H2,(H,30,34). The fraction of sp³-hybridized carbons (Fsp3) is 0.217. The molecule has 0 saturated carbocycles. The number of carbonyl (C=O) groups is 1. The van der Waals surface area contributed by atoms with Crippen molar-refractivity contribution in [1.82, 2.24) is 19.9 Å². The zero-order valence-electron chi connectivity index (χ0n) is 17.5. The molecule has 5 nitrogen and oxygen atoms in total. The van der Waals surface area contributed by atoms with Crippen molar-refractivity contribution in [3.05, 3.63) is 77.6 Å². The number of aromatic nitrogens is 3. The molecule has 0 fully saturated rings. The van der Waals surface area contributed by atoms with E-state index in [0.29, 0.717) is 16.8 Å². The van der Waals surface area contributed by atoms with Crippen molar-refractivity contribution in [1.29, 1.82) is 0 Å². The second-order valence-corrected chi connectivity index (χ2v) is 7.72. The zero-order valence-corrected chi connectivity index (χ0v) is 17.5. The van der Waals surface area contributed by atoms with E-state index in [1.54, 1.807) is 0 Å². The second-order valence-electron chi connectivity index (χ2n) is 7.72. The van der Waals surface area contributed by atoms with E-state index in [1.165, 1.54) is 30.5 Å². The summed E-state index contributed by atoms with van der Waals surface area (Å²) in [5.74, 6) is -2.48. The molecule has 178 valence electrons. The molecule has 2 aromatic carbocycles. The number of hydrogen-bond donors (Lipinski definition) is 2. The summed E-state index contributed by atoms with van der Waals surface area (Å²) in [5, 5.41) is 2.83. The van der Waals surface area contributed by atoms with Gasteiger partial charge in [0.1, 0.15) is 24.0 Å². The lowest BCUT2D eigenvalue weighted by Crippen LogP contribution is -2.23. The van der Waals surface area contributed by atoms with Crippen molar-refractivity contribution in [2.75, 3.05) is 0 Å². The van der Waals surface area contributed by atoms with Crippen LogP contribution in [0.3, 0.4) is 0 Å². The highest BCUT2D eigenvalue weighted by Crippen LogP contribution is 2.33. The van der Waals surface area contributed by atoms with Crippen molar-refractivity contribution < 1.29 is 31.1 Å². The molecule has 0 saturated heterocycles. The third kappa shape index (κ3) is 5.41. The number of imidazole rings is 1. The number of H-pyrrole nitrogens is 1. The van der Waals surface area contributed by atoms with Crippen LogP contribution in [0.4, 0.5) is 26.3 Å². The molecule has 2 aromatic heterocycles. The van der Waals surface area contributed by atoms with Crippen LogP contribution in [-0.4, -0.2) is 26.6 Å². The first-order valence-corrected chi connectivity index (χ1v) is 10.2. The molecular formula is C23H18F6N4O. The SMILES string of the molecule is O=C(CCc1c(-c2ccc(F)cc2)[nH]c2c(F)cc(F)cc12)NCc1cn(CC(F)(F)F)cn1. The van der Waals surface area contributed by atoms with Crippen LogP contribution in [0.5, 0.6) is 0 Å². The molecule has 0 spiro atoms. The van der Waals surface area contributed by atoms with E-state index in [-0.39, 0.29) is 36.0 Å². The molecule has 11 heteroatoms. The van der Waals surface area contributed by atoms with Crippen LogP contribution < -0.4 is 5.32 Å². The molecule has 0 aliphatic rings. The fourth-order valence-corrected chi connectivity index (χ4v) is 3.70. The van der Waals surface area contributed by atoms with Crippen LogP contribution in [0.1, 0.15) is 17.7 Å².